The quantitative estimate of drug-likeness (QED) is 0.709. The Bertz CT molecular complexity index is 451. The number of nitrogens with zero attached hydrogens (tertiary/aromatic N) is 1. The Balaban J connectivity index is 2.62. The summed E-state index contributed by atoms with van der Waals surface area (Å²) in [6, 6.07) is 7.75. The normalized spacial score (nSPS) is 10.4. The van der Waals surface area contributed by atoms with Crippen molar-refractivity contribution in [3.8, 4) is 0 Å². The summed E-state index contributed by atoms with van der Waals surface area (Å²) < 4.78 is 0. The van der Waals surface area contributed by atoms with Crippen LogP contribution in [-0.2, 0) is 0 Å². The second-order valence-electron chi connectivity index (χ2n) is 3.17. The summed E-state index contributed by atoms with van der Waals surface area (Å²) >= 11 is 0. The van der Waals surface area contributed by atoms with Gasteiger partial charge in [-0.05, 0) is 31.2 Å². The van der Waals surface area contributed by atoms with Gasteiger partial charge in [0.2, 0.25) is 0 Å². The average Bonchev–Trinajstić information content (AvgIpc) is 2.18. The van der Waals surface area contributed by atoms with Gasteiger partial charge in [-0.25, -0.2) is 0 Å². The number of nitrogen functional groups attached to an aromatic ring is 1. The molecule has 0 amide bonds. The van der Waals surface area contributed by atoms with E-state index in [1.165, 1.54) is 0 Å². The van der Waals surface area contributed by atoms with Crippen LogP contribution >= 0.6 is 0 Å². The SMILES string of the molecule is CCNc1ccnc2cc(N)ccc12. The van der Waals surface area contributed by atoms with Gasteiger partial charge in [0.15, 0.2) is 0 Å². The van der Waals surface area contributed by atoms with E-state index in [0.717, 1.165) is 28.8 Å². The van der Waals surface area contributed by atoms with Gasteiger partial charge in [-0.3, -0.25) is 4.98 Å². The van der Waals surface area contributed by atoms with Crippen LogP contribution in [0.1, 0.15) is 6.92 Å². The Hall–Kier alpha value is -1.77. The van der Waals surface area contributed by atoms with Gasteiger partial charge >= 0.3 is 0 Å². The van der Waals surface area contributed by atoms with Gasteiger partial charge in [0.05, 0.1) is 5.52 Å². The predicted octanol–water partition coefficient (Wildman–Crippen LogP) is 2.25. The highest BCUT2D eigenvalue weighted by Crippen LogP contribution is 2.22. The molecular formula is C11H13N3. The Labute approximate surface area is 83.0 Å². The molecule has 0 fully saturated rings. The Morgan fingerprint density at radius 3 is 3.00 bits per heavy atom. The number of nitrogens with two attached hydrogens (primary N) is 1. The van der Waals surface area contributed by atoms with E-state index in [-0.39, 0.29) is 0 Å². The van der Waals surface area contributed by atoms with Crippen LogP contribution in [0, 0.1) is 0 Å². The lowest BCUT2D eigenvalue weighted by Crippen LogP contribution is -1.97. The van der Waals surface area contributed by atoms with Crippen molar-refractivity contribution in [2.45, 2.75) is 6.92 Å². The molecule has 0 spiro atoms. The van der Waals surface area contributed by atoms with E-state index >= 15 is 0 Å². The third kappa shape index (κ3) is 1.48. The zero-order chi connectivity index (χ0) is 9.97. The van der Waals surface area contributed by atoms with Crippen LogP contribution in [0.25, 0.3) is 10.9 Å². The van der Waals surface area contributed by atoms with Crippen molar-refractivity contribution in [2.24, 2.45) is 0 Å². The molecule has 0 saturated heterocycles. The standard InChI is InChI=1S/C11H13N3/c1-2-13-10-5-6-14-11-7-8(12)3-4-9(10)11/h3-7H,2,12H2,1H3,(H,13,14). The first-order chi connectivity index (χ1) is 6.81. The van der Waals surface area contributed by atoms with E-state index in [9.17, 15) is 0 Å². The molecule has 3 nitrogen and oxygen atoms in total. The van der Waals surface area contributed by atoms with Crippen LogP contribution in [0.15, 0.2) is 30.5 Å². The Morgan fingerprint density at radius 1 is 1.36 bits per heavy atom. The average molecular weight is 187 g/mol. The molecule has 0 unspecified atom stereocenters. The van der Waals surface area contributed by atoms with Crippen molar-refractivity contribution >= 4 is 22.3 Å². The van der Waals surface area contributed by atoms with Gasteiger partial charge in [-0.2, -0.15) is 0 Å². The maximum atomic E-state index is 5.69. The molecule has 0 saturated carbocycles. The van der Waals surface area contributed by atoms with Gasteiger partial charge in [-0.1, -0.05) is 0 Å². The fraction of sp³-hybridized carbons (Fsp3) is 0.182. The molecule has 0 aliphatic rings. The van der Waals surface area contributed by atoms with Crippen LogP contribution in [0.5, 0.6) is 0 Å². The number of rotatable bonds is 2. The molecule has 1 aromatic carbocycles. The van der Waals surface area contributed by atoms with Crippen LogP contribution in [0.2, 0.25) is 0 Å². The number of aromatic nitrogens is 1. The zero-order valence-corrected chi connectivity index (χ0v) is 8.12. The summed E-state index contributed by atoms with van der Waals surface area (Å²) in [5.74, 6) is 0. The van der Waals surface area contributed by atoms with Gasteiger partial charge in [0.1, 0.15) is 0 Å². The number of benzene rings is 1. The highest BCUT2D eigenvalue weighted by atomic mass is 14.9. The van der Waals surface area contributed by atoms with E-state index in [0.29, 0.717) is 0 Å². The largest absolute Gasteiger partial charge is 0.399 e. The lowest BCUT2D eigenvalue weighted by molar-refractivity contribution is 1.21. The van der Waals surface area contributed by atoms with Crippen molar-refractivity contribution in [3.05, 3.63) is 30.5 Å². The molecule has 2 rings (SSSR count). The van der Waals surface area contributed by atoms with Crippen LogP contribution in [0.4, 0.5) is 11.4 Å². The zero-order valence-electron chi connectivity index (χ0n) is 8.12. The predicted molar refractivity (Wildman–Crippen MR) is 60.3 cm³/mol. The van der Waals surface area contributed by atoms with E-state index in [1.807, 2.05) is 24.3 Å². The van der Waals surface area contributed by atoms with Crippen molar-refractivity contribution in [1.29, 1.82) is 0 Å². The van der Waals surface area contributed by atoms with Gasteiger partial charge in [-0.15, -0.1) is 0 Å². The third-order valence-electron chi connectivity index (χ3n) is 2.13. The number of fused-ring (bicyclic) bond motifs is 1. The van der Waals surface area contributed by atoms with Crippen LogP contribution in [-0.4, -0.2) is 11.5 Å². The number of anilines is 2. The summed E-state index contributed by atoms with van der Waals surface area (Å²) in [6.07, 6.45) is 1.79. The maximum absolute atomic E-state index is 5.69. The van der Waals surface area contributed by atoms with Crippen molar-refractivity contribution < 1.29 is 0 Å². The van der Waals surface area contributed by atoms with Gasteiger partial charge in [0, 0.05) is 29.5 Å². The molecule has 0 atom stereocenters. The number of pyridine rings is 1. The molecule has 1 heterocycles. The molecule has 0 bridgehead atoms. The first-order valence-corrected chi connectivity index (χ1v) is 4.69. The lowest BCUT2D eigenvalue weighted by atomic mass is 10.1. The van der Waals surface area contributed by atoms with E-state index < -0.39 is 0 Å². The molecule has 0 aliphatic carbocycles. The molecule has 3 N–H and O–H groups in total. The fourth-order valence-electron chi connectivity index (χ4n) is 1.51. The smallest absolute Gasteiger partial charge is 0.0743 e. The number of hydrogen-bond acceptors (Lipinski definition) is 3. The van der Waals surface area contributed by atoms with E-state index in [4.69, 9.17) is 5.73 Å². The molecule has 0 radical (unpaired) electrons. The van der Waals surface area contributed by atoms with Gasteiger partial charge in [0.25, 0.3) is 0 Å². The fourth-order valence-corrected chi connectivity index (χ4v) is 1.51. The second-order valence-corrected chi connectivity index (χ2v) is 3.17. The topological polar surface area (TPSA) is 50.9 Å². The Morgan fingerprint density at radius 2 is 2.21 bits per heavy atom. The van der Waals surface area contributed by atoms with Crippen molar-refractivity contribution in [2.75, 3.05) is 17.6 Å². The maximum Gasteiger partial charge on any atom is 0.0743 e. The molecule has 0 aliphatic heterocycles. The molecule has 2 aromatic rings. The summed E-state index contributed by atoms with van der Waals surface area (Å²) in [5.41, 5.74) is 8.48. The van der Waals surface area contributed by atoms with Crippen molar-refractivity contribution in [1.82, 2.24) is 4.98 Å². The molecule has 1 aromatic heterocycles. The second kappa shape index (κ2) is 3.54. The van der Waals surface area contributed by atoms with Crippen molar-refractivity contribution in [3.63, 3.8) is 0 Å². The van der Waals surface area contributed by atoms with Gasteiger partial charge < -0.3 is 11.1 Å². The monoisotopic (exact) mass is 187 g/mol. The minimum atomic E-state index is 0.749. The number of nitrogens with one attached hydrogen (secondary N) is 1. The van der Waals surface area contributed by atoms with E-state index in [2.05, 4.69) is 17.2 Å². The first kappa shape index (κ1) is 8.81. The third-order valence-corrected chi connectivity index (χ3v) is 2.13. The Kier molecular flexibility index (Phi) is 2.23. The molecule has 3 heteroatoms. The van der Waals surface area contributed by atoms with E-state index in [1.54, 1.807) is 6.20 Å². The summed E-state index contributed by atoms with van der Waals surface area (Å²) in [6.45, 7) is 2.98. The highest BCUT2D eigenvalue weighted by Gasteiger charge is 2.00. The van der Waals surface area contributed by atoms with Crippen LogP contribution < -0.4 is 11.1 Å². The number of hydrogen-bond donors (Lipinski definition) is 2. The molecule has 14 heavy (non-hydrogen) atoms. The highest BCUT2D eigenvalue weighted by molar-refractivity contribution is 5.92. The molecular weight excluding hydrogens is 174 g/mol. The summed E-state index contributed by atoms with van der Waals surface area (Å²) in [4.78, 5) is 4.26. The first-order valence-electron chi connectivity index (χ1n) is 4.69. The van der Waals surface area contributed by atoms with Crippen LogP contribution in [0.3, 0.4) is 0 Å². The lowest BCUT2D eigenvalue weighted by Gasteiger charge is -2.07. The summed E-state index contributed by atoms with van der Waals surface area (Å²) in [7, 11) is 0. The minimum Gasteiger partial charge on any atom is -0.399 e. The minimum absolute atomic E-state index is 0.749. The molecule has 72 valence electrons. The summed E-state index contributed by atoms with van der Waals surface area (Å²) in [5, 5.41) is 4.40.